The molecule has 0 spiro atoms. The third-order valence-corrected chi connectivity index (χ3v) is 3.28. The SMILES string of the molecule is COCCN(CCc1ccc(N)cc1)C(C)COC. The number of hydrogen-bond acceptors (Lipinski definition) is 4. The molecule has 19 heavy (non-hydrogen) atoms. The van der Waals surface area contributed by atoms with Crippen LogP contribution in [0.2, 0.25) is 0 Å². The van der Waals surface area contributed by atoms with Crippen molar-refractivity contribution in [2.75, 3.05) is 46.3 Å². The molecule has 0 amide bonds. The van der Waals surface area contributed by atoms with E-state index in [1.807, 2.05) is 12.1 Å². The van der Waals surface area contributed by atoms with Crippen molar-refractivity contribution in [1.82, 2.24) is 4.90 Å². The zero-order valence-corrected chi connectivity index (χ0v) is 12.3. The van der Waals surface area contributed by atoms with Crippen molar-refractivity contribution in [2.24, 2.45) is 0 Å². The highest BCUT2D eigenvalue weighted by atomic mass is 16.5. The molecule has 1 unspecified atom stereocenters. The summed E-state index contributed by atoms with van der Waals surface area (Å²) in [5.74, 6) is 0. The number of nitrogens with two attached hydrogens (primary N) is 1. The van der Waals surface area contributed by atoms with Crippen LogP contribution in [0.4, 0.5) is 5.69 Å². The molecule has 0 aliphatic rings. The highest BCUT2D eigenvalue weighted by Crippen LogP contribution is 2.08. The average Bonchev–Trinajstić information content (AvgIpc) is 2.41. The van der Waals surface area contributed by atoms with E-state index in [9.17, 15) is 0 Å². The van der Waals surface area contributed by atoms with Crippen molar-refractivity contribution in [2.45, 2.75) is 19.4 Å². The molecule has 4 heteroatoms. The van der Waals surface area contributed by atoms with Crippen molar-refractivity contribution < 1.29 is 9.47 Å². The number of anilines is 1. The zero-order valence-electron chi connectivity index (χ0n) is 12.3. The van der Waals surface area contributed by atoms with Gasteiger partial charge < -0.3 is 15.2 Å². The molecule has 1 aromatic rings. The Bertz CT molecular complexity index is 341. The molecule has 1 rings (SSSR count). The second-order valence-corrected chi connectivity index (χ2v) is 4.82. The molecule has 0 saturated carbocycles. The van der Waals surface area contributed by atoms with Crippen LogP contribution in [0.3, 0.4) is 0 Å². The number of rotatable bonds is 9. The molecule has 1 aromatic carbocycles. The molecule has 108 valence electrons. The van der Waals surface area contributed by atoms with E-state index in [1.165, 1.54) is 5.56 Å². The van der Waals surface area contributed by atoms with E-state index >= 15 is 0 Å². The van der Waals surface area contributed by atoms with Crippen LogP contribution in [0, 0.1) is 0 Å². The number of hydrogen-bond donors (Lipinski definition) is 1. The van der Waals surface area contributed by atoms with Gasteiger partial charge in [-0.1, -0.05) is 12.1 Å². The largest absolute Gasteiger partial charge is 0.399 e. The summed E-state index contributed by atoms with van der Waals surface area (Å²) in [6.07, 6.45) is 1.01. The Labute approximate surface area is 116 Å². The normalized spacial score (nSPS) is 12.8. The molecule has 4 nitrogen and oxygen atoms in total. The van der Waals surface area contributed by atoms with E-state index < -0.39 is 0 Å². The standard InChI is InChI=1S/C15H26N2O2/c1-13(12-19-3)17(10-11-18-2)9-8-14-4-6-15(16)7-5-14/h4-7,13H,8-12,16H2,1-3H3. The summed E-state index contributed by atoms with van der Waals surface area (Å²) in [7, 11) is 3.48. The van der Waals surface area contributed by atoms with Crippen LogP contribution in [0.1, 0.15) is 12.5 Å². The third kappa shape index (κ3) is 6.05. The fourth-order valence-corrected chi connectivity index (χ4v) is 2.06. The monoisotopic (exact) mass is 266 g/mol. The molecule has 0 bridgehead atoms. The lowest BCUT2D eigenvalue weighted by molar-refractivity contribution is 0.0758. The Kier molecular flexibility index (Phi) is 7.48. The minimum atomic E-state index is 0.397. The smallest absolute Gasteiger partial charge is 0.0615 e. The van der Waals surface area contributed by atoms with Gasteiger partial charge in [-0.25, -0.2) is 0 Å². The minimum absolute atomic E-state index is 0.397. The van der Waals surface area contributed by atoms with Crippen molar-refractivity contribution >= 4 is 5.69 Å². The fourth-order valence-electron chi connectivity index (χ4n) is 2.06. The maximum atomic E-state index is 5.69. The van der Waals surface area contributed by atoms with Gasteiger partial charge in [-0.3, -0.25) is 4.90 Å². The van der Waals surface area contributed by atoms with Gasteiger partial charge in [0.25, 0.3) is 0 Å². The molecule has 2 N–H and O–H groups in total. The summed E-state index contributed by atoms with van der Waals surface area (Å²) in [6, 6.07) is 8.48. The van der Waals surface area contributed by atoms with E-state index in [0.29, 0.717) is 6.04 Å². The quantitative estimate of drug-likeness (QED) is 0.692. The summed E-state index contributed by atoms with van der Waals surface area (Å²) in [5.41, 5.74) is 7.81. The van der Waals surface area contributed by atoms with Crippen LogP contribution in [-0.4, -0.2) is 51.5 Å². The number of nitrogen functional groups attached to an aromatic ring is 1. The molecular formula is C15H26N2O2. The molecule has 0 aromatic heterocycles. The second kappa shape index (κ2) is 8.91. The summed E-state index contributed by atoms with van der Waals surface area (Å²) in [5, 5.41) is 0. The highest BCUT2D eigenvalue weighted by Gasteiger charge is 2.13. The Morgan fingerprint density at radius 2 is 1.79 bits per heavy atom. The third-order valence-electron chi connectivity index (χ3n) is 3.28. The molecule has 0 heterocycles. The van der Waals surface area contributed by atoms with Gasteiger partial charge in [0.15, 0.2) is 0 Å². The molecule has 1 atom stereocenters. The fraction of sp³-hybridized carbons (Fsp3) is 0.600. The van der Waals surface area contributed by atoms with Crippen molar-refractivity contribution in [3.8, 4) is 0 Å². The first-order valence-corrected chi connectivity index (χ1v) is 6.73. The molecule has 0 fully saturated rings. The Hall–Kier alpha value is -1.10. The van der Waals surface area contributed by atoms with Crippen LogP contribution < -0.4 is 5.73 Å². The van der Waals surface area contributed by atoms with E-state index in [-0.39, 0.29) is 0 Å². The van der Waals surface area contributed by atoms with Crippen LogP contribution >= 0.6 is 0 Å². The maximum absolute atomic E-state index is 5.69. The lowest BCUT2D eigenvalue weighted by atomic mass is 10.1. The Morgan fingerprint density at radius 3 is 2.37 bits per heavy atom. The van der Waals surface area contributed by atoms with E-state index in [2.05, 4.69) is 24.0 Å². The Balaban J connectivity index is 2.49. The van der Waals surface area contributed by atoms with Gasteiger partial charge in [0, 0.05) is 39.0 Å². The minimum Gasteiger partial charge on any atom is -0.399 e. The number of methoxy groups -OCH3 is 2. The first kappa shape index (κ1) is 16.0. The predicted molar refractivity (Wildman–Crippen MR) is 79.3 cm³/mol. The van der Waals surface area contributed by atoms with Gasteiger partial charge in [0.2, 0.25) is 0 Å². The molecule has 0 aliphatic heterocycles. The topological polar surface area (TPSA) is 47.7 Å². The lowest BCUT2D eigenvalue weighted by Crippen LogP contribution is -2.39. The number of nitrogens with zero attached hydrogens (tertiary/aromatic N) is 1. The van der Waals surface area contributed by atoms with Gasteiger partial charge in [-0.15, -0.1) is 0 Å². The van der Waals surface area contributed by atoms with Crippen molar-refractivity contribution in [3.05, 3.63) is 29.8 Å². The second-order valence-electron chi connectivity index (χ2n) is 4.82. The first-order chi connectivity index (χ1) is 9.17. The van der Waals surface area contributed by atoms with Gasteiger partial charge in [-0.2, -0.15) is 0 Å². The summed E-state index contributed by atoms with van der Waals surface area (Å²) < 4.78 is 10.4. The number of ether oxygens (including phenoxy) is 2. The predicted octanol–water partition coefficient (Wildman–Crippen LogP) is 1.79. The summed E-state index contributed by atoms with van der Waals surface area (Å²) in [4.78, 5) is 2.39. The zero-order chi connectivity index (χ0) is 14.1. The van der Waals surface area contributed by atoms with Gasteiger partial charge in [0.1, 0.15) is 0 Å². The maximum Gasteiger partial charge on any atom is 0.0615 e. The van der Waals surface area contributed by atoms with Gasteiger partial charge in [-0.05, 0) is 31.0 Å². The molecule has 0 saturated heterocycles. The van der Waals surface area contributed by atoms with Crippen molar-refractivity contribution in [1.29, 1.82) is 0 Å². The van der Waals surface area contributed by atoms with E-state index in [1.54, 1.807) is 14.2 Å². The average molecular weight is 266 g/mol. The first-order valence-electron chi connectivity index (χ1n) is 6.73. The molecule has 0 aliphatic carbocycles. The van der Waals surface area contributed by atoms with Crippen LogP contribution in [-0.2, 0) is 15.9 Å². The summed E-state index contributed by atoms with van der Waals surface area (Å²) in [6.45, 7) is 5.59. The van der Waals surface area contributed by atoms with E-state index in [0.717, 1.165) is 38.4 Å². The molecule has 0 radical (unpaired) electrons. The van der Waals surface area contributed by atoms with Gasteiger partial charge >= 0.3 is 0 Å². The lowest BCUT2D eigenvalue weighted by Gasteiger charge is -2.28. The van der Waals surface area contributed by atoms with Crippen molar-refractivity contribution in [3.63, 3.8) is 0 Å². The highest BCUT2D eigenvalue weighted by molar-refractivity contribution is 5.39. The molecular weight excluding hydrogens is 240 g/mol. The van der Waals surface area contributed by atoms with Crippen LogP contribution in [0.25, 0.3) is 0 Å². The number of benzene rings is 1. The Morgan fingerprint density at radius 1 is 1.11 bits per heavy atom. The van der Waals surface area contributed by atoms with Crippen LogP contribution in [0.5, 0.6) is 0 Å². The summed E-state index contributed by atoms with van der Waals surface area (Å²) >= 11 is 0. The van der Waals surface area contributed by atoms with E-state index in [4.69, 9.17) is 15.2 Å². The van der Waals surface area contributed by atoms with Crippen LogP contribution in [0.15, 0.2) is 24.3 Å². The van der Waals surface area contributed by atoms with Gasteiger partial charge in [0.05, 0.1) is 13.2 Å².